The first-order valence-electron chi connectivity index (χ1n) is 6.52. The van der Waals surface area contributed by atoms with Crippen molar-refractivity contribution in [3.05, 3.63) is 28.5 Å². The third-order valence-corrected chi connectivity index (χ3v) is 2.41. The molecule has 0 aliphatic carbocycles. The Morgan fingerprint density at radius 3 is 1.91 bits per heavy atom. The van der Waals surface area contributed by atoms with Crippen molar-refractivity contribution in [2.24, 2.45) is 0 Å². The molecule has 0 saturated carbocycles. The van der Waals surface area contributed by atoms with Crippen molar-refractivity contribution in [1.29, 1.82) is 0 Å². The van der Waals surface area contributed by atoms with Gasteiger partial charge < -0.3 is 15.6 Å². The summed E-state index contributed by atoms with van der Waals surface area (Å²) >= 11 is 5.95. The molecule has 0 fully saturated rings. The Balaban J connectivity index is 0.00000441. The number of hydrogen-bond acceptors (Lipinski definition) is 6. The lowest BCUT2D eigenvalue weighted by Crippen LogP contribution is -2.28. The normalized spacial score (nSPS) is 11.4. The largest absolute Gasteiger partial charge is 0.456 e. The van der Waals surface area contributed by atoms with Crippen LogP contribution in [-0.4, -0.2) is 28.1 Å². The van der Waals surface area contributed by atoms with E-state index in [-0.39, 0.29) is 22.4 Å². The summed E-state index contributed by atoms with van der Waals surface area (Å²) in [7, 11) is 0. The van der Waals surface area contributed by atoms with Crippen LogP contribution >= 0.6 is 11.6 Å². The van der Waals surface area contributed by atoms with Gasteiger partial charge in [-0.1, -0.05) is 11.6 Å². The fraction of sp³-hybridized carbons (Fsp3) is 0.533. The Hall–Kier alpha value is -1.66. The fourth-order valence-electron chi connectivity index (χ4n) is 1.46. The van der Waals surface area contributed by atoms with Crippen LogP contribution in [0, 0.1) is 0 Å². The van der Waals surface area contributed by atoms with Crippen molar-refractivity contribution in [1.82, 2.24) is 11.1 Å². The number of carbonyl (C=O) groups is 2. The van der Waals surface area contributed by atoms with Crippen LogP contribution in [0.4, 0.5) is 0 Å². The van der Waals surface area contributed by atoms with Crippen molar-refractivity contribution in [2.75, 3.05) is 0 Å². The number of aromatic nitrogens is 1. The third-order valence-electron chi connectivity index (χ3n) is 2.13. The molecule has 0 aliphatic rings. The average molecular weight is 331 g/mol. The number of halogens is 1. The van der Waals surface area contributed by atoms with Crippen molar-refractivity contribution < 1.29 is 19.1 Å². The zero-order chi connectivity index (χ0) is 16.4. The van der Waals surface area contributed by atoms with E-state index in [1.165, 1.54) is 12.3 Å². The van der Waals surface area contributed by atoms with Gasteiger partial charge >= 0.3 is 11.9 Å². The average Bonchev–Trinajstić information content (AvgIpc) is 2.23. The Morgan fingerprint density at radius 2 is 1.45 bits per heavy atom. The SMILES string of the molecule is CC(C)(C)OC(=O)c1ccnc(Cl)c1C(=O)OC(C)(C)C.N. The number of pyridine rings is 1. The zero-order valence-electron chi connectivity index (χ0n) is 13.8. The van der Waals surface area contributed by atoms with Crippen molar-refractivity contribution in [3.8, 4) is 0 Å². The lowest BCUT2D eigenvalue weighted by Gasteiger charge is -2.22. The van der Waals surface area contributed by atoms with Gasteiger partial charge in [-0.15, -0.1) is 0 Å². The summed E-state index contributed by atoms with van der Waals surface area (Å²) in [6.45, 7) is 10.4. The highest BCUT2D eigenvalue weighted by atomic mass is 35.5. The Labute approximate surface area is 135 Å². The molecule has 1 rings (SSSR count). The Bertz CT molecular complexity index is 560. The molecule has 1 heterocycles. The summed E-state index contributed by atoms with van der Waals surface area (Å²) < 4.78 is 10.5. The van der Waals surface area contributed by atoms with Gasteiger partial charge in [-0.25, -0.2) is 14.6 Å². The van der Waals surface area contributed by atoms with Crippen molar-refractivity contribution >= 4 is 23.5 Å². The molecule has 0 radical (unpaired) electrons. The van der Waals surface area contributed by atoms with Crippen LogP contribution in [0.3, 0.4) is 0 Å². The van der Waals surface area contributed by atoms with Gasteiger partial charge in [0.25, 0.3) is 0 Å². The molecule has 124 valence electrons. The highest BCUT2D eigenvalue weighted by Crippen LogP contribution is 2.23. The maximum absolute atomic E-state index is 12.2. The summed E-state index contributed by atoms with van der Waals surface area (Å²) in [6, 6.07) is 1.39. The van der Waals surface area contributed by atoms with E-state index >= 15 is 0 Å². The smallest absolute Gasteiger partial charge is 0.342 e. The minimum Gasteiger partial charge on any atom is -0.456 e. The van der Waals surface area contributed by atoms with E-state index in [1.54, 1.807) is 41.5 Å². The van der Waals surface area contributed by atoms with Gasteiger partial charge in [0.1, 0.15) is 21.9 Å². The van der Waals surface area contributed by atoms with E-state index < -0.39 is 23.1 Å². The molecule has 7 heteroatoms. The van der Waals surface area contributed by atoms with Gasteiger partial charge in [-0.05, 0) is 47.6 Å². The highest BCUT2D eigenvalue weighted by Gasteiger charge is 2.28. The number of esters is 2. The predicted molar refractivity (Wildman–Crippen MR) is 84.6 cm³/mol. The summed E-state index contributed by atoms with van der Waals surface area (Å²) in [5.41, 5.74) is -1.43. The first kappa shape index (κ1) is 20.3. The lowest BCUT2D eigenvalue weighted by atomic mass is 10.1. The molecule has 0 atom stereocenters. The van der Waals surface area contributed by atoms with E-state index in [2.05, 4.69) is 4.98 Å². The van der Waals surface area contributed by atoms with Gasteiger partial charge in [0, 0.05) is 6.20 Å². The quantitative estimate of drug-likeness (QED) is 0.653. The van der Waals surface area contributed by atoms with Gasteiger partial charge in [0.2, 0.25) is 0 Å². The molecule has 22 heavy (non-hydrogen) atoms. The van der Waals surface area contributed by atoms with Gasteiger partial charge in [0.05, 0.1) is 5.56 Å². The summed E-state index contributed by atoms with van der Waals surface area (Å²) in [4.78, 5) is 28.2. The molecule has 0 saturated heterocycles. The molecule has 0 aromatic carbocycles. The lowest BCUT2D eigenvalue weighted by molar-refractivity contribution is 0.00183. The first-order chi connectivity index (χ1) is 9.41. The van der Waals surface area contributed by atoms with Crippen LogP contribution in [-0.2, 0) is 9.47 Å². The summed E-state index contributed by atoms with van der Waals surface area (Å²) in [6.07, 6.45) is 1.34. The molecular weight excluding hydrogens is 308 g/mol. The van der Waals surface area contributed by atoms with Gasteiger partial charge in [-0.3, -0.25) is 0 Å². The maximum Gasteiger partial charge on any atom is 0.342 e. The number of rotatable bonds is 2. The first-order valence-corrected chi connectivity index (χ1v) is 6.90. The van der Waals surface area contributed by atoms with Crippen molar-refractivity contribution in [3.63, 3.8) is 0 Å². The number of ether oxygens (including phenoxy) is 2. The molecule has 3 N–H and O–H groups in total. The van der Waals surface area contributed by atoms with E-state index in [0.717, 1.165) is 0 Å². The summed E-state index contributed by atoms with van der Waals surface area (Å²) in [5.74, 6) is -1.35. The molecular formula is C15H23ClN2O4. The Morgan fingerprint density at radius 1 is 1.00 bits per heavy atom. The molecule has 6 nitrogen and oxygen atoms in total. The number of carbonyl (C=O) groups excluding carboxylic acids is 2. The molecule has 1 aromatic rings. The van der Waals surface area contributed by atoms with Gasteiger partial charge in [0.15, 0.2) is 0 Å². The minimum atomic E-state index is -0.707. The number of hydrogen-bond donors (Lipinski definition) is 1. The molecule has 0 bridgehead atoms. The monoisotopic (exact) mass is 330 g/mol. The number of nitrogens with zero attached hydrogens (tertiary/aromatic N) is 1. The second-order valence-electron chi connectivity index (χ2n) is 6.53. The van der Waals surface area contributed by atoms with Crippen LogP contribution in [0.5, 0.6) is 0 Å². The molecule has 1 aromatic heterocycles. The Kier molecular flexibility index (Phi) is 6.53. The molecule has 0 unspecified atom stereocenters. The molecule has 0 amide bonds. The van der Waals surface area contributed by atoms with E-state index in [1.807, 2.05) is 0 Å². The third kappa shape index (κ3) is 5.99. The van der Waals surface area contributed by atoms with Gasteiger partial charge in [-0.2, -0.15) is 0 Å². The second-order valence-corrected chi connectivity index (χ2v) is 6.89. The predicted octanol–water partition coefficient (Wildman–Crippen LogP) is 3.81. The van der Waals surface area contributed by atoms with Crippen LogP contribution in [0.2, 0.25) is 5.15 Å². The second kappa shape index (κ2) is 7.07. The maximum atomic E-state index is 12.2. The van der Waals surface area contributed by atoms with E-state index in [0.29, 0.717) is 0 Å². The standard InChI is InChI=1S/C15H20ClNO4.H3N/c1-14(2,3)20-12(18)9-7-8-17-11(16)10(9)13(19)21-15(4,5)6;/h7-8H,1-6H3;1H3. The van der Waals surface area contributed by atoms with E-state index in [4.69, 9.17) is 21.1 Å². The van der Waals surface area contributed by atoms with Crippen molar-refractivity contribution in [2.45, 2.75) is 52.7 Å². The van der Waals surface area contributed by atoms with Crippen LogP contribution < -0.4 is 6.15 Å². The molecule has 0 spiro atoms. The van der Waals surface area contributed by atoms with Crippen LogP contribution in [0.15, 0.2) is 12.3 Å². The fourth-order valence-corrected chi connectivity index (χ4v) is 1.70. The summed E-state index contributed by atoms with van der Waals surface area (Å²) in [5, 5.41) is -0.0902. The zero-order valence-corrected chi connectivity index (χ0v) is 14.6. The molecule has 0 aliphatic heterocycles. The topological polar surface area (TPSA) is 100 Å². The highest BCUT2D eigenvalue weighted by molar-refractivity contribution is 6.33. The van der Waals surface area contributed by atoms with E-state index in [9.17, 15) is 9.59 Å². The van der Waals surface area contributed by atoms with Crippen LogP contribution in [0.1, 0.15) is 62.3 Å². The van der Waals surface area contributed by atoms with Crippen LogP contribution in [0.25, 0.3) is 0 Å². The minimum absolute atomic E-state index is 0.